The van der Waals surface area contributed by atoms with E-state index < -0.39 is 94.3 Å². The van der Waals surface area contributed by atoms with E-state index in [4.69, 9.17) is 33.2 Å². The number of benzene rings is 1. The van der Waals surface area contributed by atoms with E-state index in [1.807, 2.05) is 6.92 Å². The van der Waals surface area contributed by atoms with Crippen molar-refractivity contribution in [2.45, 2.75) is 80.6 Å². The Morgan fingerprint density at radius 2 is 1.69 bits per heavy atom. The summed E-state index contributed by atoms with van der Waals surface area (Å²) in [5.41, 5.74) is -4.94. The second kappa shape index (κ2) is 11.6. The van der Waals surface area contributed by atoms with E-state index in [2.05, 4.69) is 4.90 Å². The van der Waals surface area contributed by atoms with Gasteiger partial charge in [-0.05, 0) is 43.1 Å². The molecule has 15 atom stereocenters. The highest BCUT2D eigenvalue weighted by molar-refractivity contribution is 5.89. The van der Waals surface area contributed by atoms with Gasteiger partial charge in [-0.1, -0.05) is 6.92 Å². The van der Waals surface area contributed by atoms with Crippen molar-refractivity contribution in [3.05, 3.63) is 29.8 Å². The molecule has 1 aromatic carbocycles. The first-order valence-electron chi connectivity index (χ1n) is 16.9. The lowest BCUT2D eigenvalue weighted by molar-refractivity contribution is -0.322. The summed E-state index contributed by atoms with van der Waals surface area (Å²) >= 11 is 0. The lowest BCUT2D eigenvalue weighted by Gasteiger charge is -2.70. The summed E-state index contributed by atoms with van der Waals surface area (Å²) in [4.78, 5) is 29.5. The molecule has 7 bridgehead atoms. The number of carbonyl (C=O) groups excluding carboxylic acids is 2. The Labute approximate surface area is 280 Å². The van der Waals surface area contributed by atoms with Crippen LogP contribution >= 0.6 is 0 Å². The molecule has 266 valence electrons. The fourth-order valence-electron chi connectivity index (χ4n) is 12.5. The van der Waals surface area contributed by atoms with E-state index in [0.717, 1.165) is 0 Å². The van der Waals surface area contributed by atoms with Gasteiger partial charge in [-0.25, -0.2) is 4.79 Å². The summed E-state index contributed by atoms with van der Waals surface area (Å²) in [6.07, 6.45) is -5.64. The van der Waals surface area contributed by atoms with Crippen molar-refractivity contribution in [1.29, 1.82) is 0 Å². The van der Waals surface area contributed by atoms with Crippen molar-refractivity contribution in [3.8, 4) is 5.75 Å². The van der Waals surface area contributed by atoms with Crippen LogP contribution in [0.3, 0.4) is 0 Å². The Balaban J connectivity index is 1.50. The third kappa shape index (κ3) is 3.90. The van der Waals surface area contributed by atoms with Crippen LogP contribution in [-0.2, 0) is 33.2 Å². The van der Waals surface area contributed by atoms with Gasteiger partial charge in [0.05, 0.1) is 37.6 Å². The molecule has 48 heavy (non-hydrogen) atoms. The van der Waals surface area contributed by atoms with Crippen molar-refractivity contribution in [1.82, 2.24) is 4.90 Å². The fourth-order valence-corrected chi connectivity index (χ4v) is 12.5. The Morgan fingerprint density at radius 3 is 2.25 bits per heavy atom. The monoisotopic (exact) mass is 675 g/mol. The molecule has 0 radical (unpaired) electrons. The first kappa shape index (κ1) is 34.1. The van der Waals surface area contributed by atoms with E-state index in [0.29, 0.717) is 25.3 Å². The molecule has 0 aromatic heterocycles. The number of rotatable bonds is 10. The van der Waals surface area contributed by atoms with Gasteiger partial charge in [0.15, 0.2) is 5.60 Å². The maximum atomic E-state index is 13.9. The standard InChI is InChI=1S/C35H49NO12/c1-8-36-15-32(16-42-3)21(38)13-22(44-5)34-20-14-33(41)29(47-31(40)18-9-11-19(43-4)12-10-18)23(20)35(48-17(2)37,28(39)30(33)46-7)24(27(34)36)25(45-6)26(32)34/h9-12,20-30,38-39,41H,8,13-16H2,1-7H3/t20?,21-,22+,23?,24?,25+,26?,27?,28+,29-,30+,32+,33-,34+,35-/m1/s1. The normalized spacial score (nSPS) is 48.2. The number of nitrogens with zero attached hydrogens (tertiary/aromatic N) is 1. The molecule has 13 nitrogen and oxygen atoms in total. The van der Waals surface area contributed by atoms with Gasteiger partial charge in [0.25, 0.3) is 0 Å². The van der Waals surface area contributed by atoms with E-state index in [1.165, 1.54) is 21.1 Å². The molecule has 3 N–H and O–H groups in total. The number of ether oxygens (including phenoxy) is 7. The Morgan fingerprint density at radius 1 is 0.979 bits per heavy atom. The number of aliphatic hydroxyl groups is 3. The topological polar surface area (TPSA) is 163 Å². The van der Waals surface area contributed by atoms with Crippen LogP contribution in [0.4, 0.5) is 0 Å². The summed E-state index contributed by atoms with van der Waals surface area (Å²) < 4.78 is 42.7. The predicted molar refractivity (Wildman–Crippen MR) is 167 cm³/mol. The smallest absolute Gasteiger partial charge is 0.338 e. The second-order valence-corrected chi connectivity index (χ2v) is 14.8. The third-order valence-corrected chi connectivity index (χ3v) is 13.5. The highest BCUT2D eigenvalue weighted by Gasteiger charge is 2.92. The van der Waals surface area contributed by atoms with Gasteiger partial charge in [0.2, 0.25) is 0 Å². The van der Waals surface area contributed by atoms with E-state index in [-0.39, 0.29) is 24.6 Å². The quantitative estimate of drug-likeness (QED) is 0.297. The van der Waals surface area contributed by atoms with Crippen LogP contribution in [0.2, 0.25) is 0 Å². The molecule has 7 rings (SSSR count). The molecule has 1 heterocycles. The average Bonchev–Trinajstić information content (AvgIpc) is 3.44. The zero-order valence-electron chi connectivity index (χ0n) is 28.7. The van der Waals surface area contributed by atoms with Gasteiger partial charge in [-0.3, -0.25) is 9.69 Å². The Kier molecular flexibility index (Phi) is 8.24. The minimum Gasteiger partial charge on any atom is -0.497 e. The number of fused-ring (bicyclic) bond motifs is 2. The predicted octanol–water partition coefficient (Wildman–Crippen LogP) is 0.657. The van der Waals surface area contributed by atoms with Crippen molar-refractivity contribution in [2.75, 3.05) is 55.2 Å². The summed E-state index contributed by atoms with van der Waals surface area (Å²) in [6, 6.07) is 6.10. The van der Waals surface area contributed by atoms with Gasteiger partial charge in [0, 0.05) is 83.0 Å². The maximum absolute atomic E-state index is 13.9. The molecule has 1 spiro atoms. The molecule has 5 aliphatic carbocycles. The van der Waals surface area contributed by atoms with Gasteiger partial charge in [-0.15, -0.1) is 0 Å². The zero-order chi connectivity index (χ0) is 34.6. The largest absolute Gasteiger partial charge is 0.497 e. The molecule has 13 heteroatoms. The number of likely N-dealkylation sites (tertiary alicyclic amines) is 1. The third-order valence-electron chi connectivity index (χ3n) is 13.5. The summed E-state index contributed by atoms with van der Waals surface area (Å²) in [6.45, 7) is 4.64. The molecule has 6 fully saturated rings. The molecule has 1 aliphatic heterocycles. The van der Waals surface area contributed by atoms with Crippen molar-refractivity contribution >= 4 is 11.9 Å². The zero-order valence-corrected chi connectivity index (χ0v) is 28.7. The minimum atomic E-state index is -1.86. The molecule has 5 saturated carbocycles. The summed E-state index contributed by atoms with van der Waals surface area (Å²) in [7, 11) is 7.77. The van der Waals surface area contributed by atoms with Crippen LogP contribution in [0, 0.1) is 34.5 Å². The number of carbonyl (C=O) groups is 2. The van der Waals surface area contributed by atoms with Crippen molar-refractivity contribution < 1.29 is 58.1 Å². The van der Waals surface area contributed by atoms with Crippen LogP contribution in [0.15, 0.2) is 24.3 Å². The Bertz CT molecular complexity index is 1430. The van der Waals surface area contributed by atoms with Crippen molar-refractivity contribution in [3.63, 3.8) is 0 Å². The SMILES string of the molecule is CCN1C[C@@]2(COC)C3[C@@H](OC)C4C1[C@@]3(C1C[C@@]3(O)[C@H](OC(=O)c5ccc(OC)cc5)C1[C@]4(OC(C)=O)[C@@H](O)[C@@H]3OC)[C@@H](OC)C[C@H]2O. The van der Waals surface area contributed by atoms with Crippen LogP contribution in [0.5, 0.6) is 5.75 Å². The lowest BCUT2D eigenvalue weighted by Crippen LogP contribution is -2.81. The van der Waals surface area contributed by atoms with Gasteiger partial charge in [0.1, 0.15) is 29.7 Å². The van der Waals surface area contributed by atoms with Crippen LogP contribution in [-0.4, -0.2) is 141 Å². The van der Waals surface area contributed by atoms with Gasteiger partial charge in [-0.2, -0.15) is 0 Å². The number of hydrogen-bond acceptors (Lipinski definition) is 13. The van der Waals surface area contributed by atoms with E-state index in [1.54, 1.807) is 45.6 Å². The second-order valence-electron chi connectivity index (χ2n) is 14.8. The van der Waals surface area contributed by atoms with Gasteiger partial charge >= 0.3 is 11.9 Å². The number of aliphatic hydroxyl groups excluding tert-OH is 2. The summed E-state index contributed by atoms with van der Waals surface area (Å²) in [5.74, 6) is -3.23. The average molecular weight is 676 g/mol. The van der Waals surface area contributed by atoms with Crippen LogP contribution in [0.25, 0.3) is 0 Å². The highest BCUT2D eigenvalue weighted by atomic mass is 16.6. The molecule has 0 amide bonds. The lowest BCUT2D eigenvalue weighted by atomic mass is 9.42. The number of methoxy groups -OCH3 is 5. The molecule has 5 unspecified atom stereocenters. The number of esters is 2. The number of hydrogen-bond donors (Lipinski definition) is 3. The van der Waals surface area contributed by atoms with Gasteiger partial charge < -0.3 is 48.5 Å². The first-order valence-corrected chi connectivity index (χ1v) is 16.9. The fraction of sp³-hybridized carbons (Fsp3) is 0.771. The highest BCUT2D eigenvalue weighted by Crippen LogP contribution is 2.80. The van der Waals surface area contributed by atoms with Crippen molar-refractivity contribution in [2.24, 2.45) is 34.5 Å². The van der Waals surface area contributed by atoms with E-state index in [9.17, 15) is 24.9 Å². The van der Waals surface area contributed by atoms with Crippen LogP contribution in [0.1, 0.15) is 37.0 Å². The molecule has 1 aromatic rings. The Hall–Kier alpha value is -2.36. The maximum Gasteiger partial charge on any atom is 0.338 e. The molecular formula is C35H49NO12. The number of piperidine rings is 1. The molecular weight excluding hydrogens is 626 g/mol. The van der Waals surface area contributed by atoms with E-state index >= 15 is 0 Å². The minimum absolute atomic E-state index is 0.0591. The summed E-state index contributed by atoms with van der Waals surface area (Å²) in [5, 5.41) is 37.4. The first-order chi connectivity index (χ1) is 22.9. The molecule has 1 saturated heterocycles. The molecule has 6 aliphatic rings. The van der Waals surface area contributed by atoms with Crippen LogP contribution < -0.4 is 4.74 Å².